The van der Waals surface area contributed by atoms with Crippen molar-refractivity contribution in [2.24, 2.45) is 13.0 Å². The molecule has 2 aromatic rings. The van der Waals surface area contributed by atoms with Gasteiger partial charge in [-0.05, 0) is 38.6 Å². The molecule has 2 aromatic heterocycles. The Labute approximate surface area is 129 Å². The van der Waals surface area contributed by atoms with Crippen LogP contribution in [0.5, 0.6) is 0 Å². The number of rotatable bonds is 4. The van der Waals surface area contributed by atoms with Crippen molar-refractivity contribution in [1.82, 2.24) is 24.9 Å². The molecular formula is C15H21N5O2. The molecule has 1 N–H and O–H groups in total. The van der Waals surface area contributed by atoms with Crippen molar-refractivity contribution in [3.05, 3.63) is 24.2 Å². The first-order valence-corrected chi connectivity index (χ1v) is 7.54. The van der Waals surface area contributed by atoms with Crippen LogP contribution in [0.4, 0.5) is 0 Å². The van der Waals surface area contributed by atoms with Crippen LogP contribution in [0.3, 0.4) is 0 Å². The average molecular weight is 303 g/mol. The lowest BCUT2D eigenvalue weighted by atomic mass is 9.98. The topological polar surface area (TPSA) is 76.2 Å². The Hall–Kier alpha value is -2.15. The lowest BCUT2D eigenvalue weighted by Gasteiger charge is -2.28. The molecule has 0 aliphatic carbocycles. The van der Waals surface area contributed by atoms with E-state index in [9.17, 15) is 4.79 Å². The zero-order valence-corrected chi connectivity index (χ0v) is 13.0. The standard InChI is InChI=1S/C15H21N5O2/c1-19-7-3-5-11(10-19)15(21)16-9-13-17-14(18-22-13)12-6-4-8-20(12)2/h4,6,8,11H,3,5,7,9-10H2,1-2H3,(H,16,21). The molecule has 7 nitrogen and oxygen atoms in total. The van der Waals surface area contributed by atoms with E-state index in [1.165, 1.54) is 0 Å². The Kier molecular flexibility index (Phi) is 4.24. The second kappa shape index (κ2) is 6.31. The first-order chi connectivity index (χ1) is 10.6. The normalized spacial score (nSPS) is 19.3. The van der Waals surface area contributed by atoms with Gasteiger partial charge >= 0.3 is 0 Å². The molecule has 1 amide bonds. The zero-order chi connectivity index (χ0) is 15.5. The van der Waals surface area contributed by atoms with Crippen LogP contribution in [0, 0.1) is 5.92 Å². The van der Waals surface area contributed by atoms with Gasteiger partial charge in [0.1, 0.15) is 0 Å². The molecule has 0 radical (unpaired) electrons. The minimum Gasteiger partial charge on any atom is -0.348 e. The SMILES string of the molecule is CN1CCCC(C(=O)NCc2nc(-c3cccn3C)no2)C1. The first kappa shape index (κ1) is 14.8. The Morgan fingerprint density at radius 1 is 1.50 bits per heavy atom. The zero-order valence-electron chi connectivity index (χ0n) is 13.0. The number of aryl methyl sites for hydroxylation is 1. The summed E-state index contributed by atoms with van der Waals surface area (Å²) in [5, 5.41) is 6.85. The van der Waals surface area contributed by atoms with Crippen LogP contribution >= 0.6 is 0 Å². The molecule has 0 saturated carbocycles. The van der Waals surface area contributed by atoms with Crippen molar-refractivity contribution in [3.8, 4) is 11.5 Å². The maximum atomic E-state index is 12.2. The molecule has 118 valence electrons. The van der Waals surface area contributed by atoms with Gasteiger partial charge in [-0.2, -0.15) is 4.98 Å². The van der Waals surface area contributed by atoms with Crippen molar-refractivity contribution in [2.75, 3.05) is 20.1 Å². The second-order valence-corrected chi connectivity index (χ2v) is 5.84. The van der Waals surface area contributed by atoms with Crippen molar-refractivity contribution in [1.29, 1.82) is 0 Å². The van der Waals surface area contributed by atoms with Gasteiger partial charge in [0.15, 0.2) is 0 Å². The van der Waals surface area contributed by atoms with Crippen molar-refractivity contribution in [3.63, 3.8) is 0 Å². The van der Waals surface area contributed by atoms with E-state index in [0.717, 1.165) is 31.6 Å². The van der Waals surface area contributed by atoms with Gasteiger partial charge in [-0.15, -0.1) is 0 Å². The minimum atomic E-state index is 0.0500. The molecule has 1 unspecified atom stereocenters. The van der Waals surface area contributed by atoms with Crippen LogP contribution in [0.2, 0.25) is 0 Å². The van der Waals surface area contributed by atoms with E-state index in [1.54, 1.807) is 0 Å². The molecule has 3 heterocycles. The number of nitrogens with zero attached hydrogens (tertiary/aromatic N) is 4. The van der Waals surface area contributed by atoms with Crippen LogP contribution < -0.4 is 5.32 Å². The highest BCUT2D eigenvalue weighted by molar-refractivity contribution is 5.78. The van der Waals surface area contributed by atoms with Crippen molar-refractivity contribution < 1.29 is 9.32 Å². The van der Waals surface area contributed by atoms with Crippen molar-refractivity contribution >= 4 is 5.91 Å². The Bertz CT molecular complexity index is 648. The monoisotopic (exact) mass is 303 g/mol. The lowest BCUT2D eigenvalue weighted by Crippen LogP contribution is -2.41. The molecule has 1 aliphatic heterocycles. The first-order valence-electron chi connectivity index (χ1n) is 7.54. The summed E-state index contributed by atoms with van der Waals surface area (Å²) in [5.41, 5.74) is 0.884. The maximum Gasteiger partial charge on any atom is 0.246 e. The number of hydrogen-bond acceptors (Lipinski definition) is 5. The van der Waals surface area contributed by atoms with E-state index in [-0.39, 0.29) is 18.4 Å². The molecule has 0 bridgehead atoms. The number of aromatic nitrogens is 3. The molecule has 1 aliphatic rings. The van der Waals surface area contributed by atoms with Crippen LogP contribution in [-0.2, 0) is 18.4 Å². The van der Waals surface area contributed by atoms with Crippen LogP contribution in [-0.4, -0.2) is 45.7 Å². The number of nitrogens with one attached hydrogen (secondary N) is 1. The molecule has 0 spiro atoms. The van der Waals surface area contributed by atoms with E-state index < -0.39 is 0 Å². The van der Waals surface area contributed by atoms with Crippen molar-refractivity contribution in [2.45, 2.75) is 19.4 Å². The summed E-state index contributed by atoms with van der Waals surface area (Å²) in [6.07, 6.45) is 3.92. The van der Waals surface area contributed by atoms with Gasteiger partial charge in [0, 0.05) is 19.8 Å². The predicted molar refractivity (Wildman–Crippen MR) is 80.8 cm³/mol. The third-order valence-corrected chi connectivity index (χ3v) is 4.05. The highest BCUT2D eigenvalue weighted by Gasteiger charge is 2.24. The summed E-state index contributed by atoms with van der Waals surface area (Å²) in [5.74, 6) is 1.07. The van der Waals surface area contributed by atoms with E-state index in [4.69, 9.17) is 4.52 Å². The Balaban J connectivity index is 1.57. The third kappa shape index (κ3) is 3.19. The van der Waals surface area contributed by atoms with Gasteiger partial charge < -0.3 is 19.3 Å². The van der Waals surface area contributed by atoms with E-state index in [2.05, 4.69) is 20.4 Å². The number of hydrogen-bond donors (Lipinski definition) is 1. The fraction of sp³-hybridized carbons (Fsp3) is 0.533. The summed E-state index contributed by atoms with van der Waals surface area (Å²) >= 11 is 0. The second-order valence-electron chi connectivity index (χ2n) is 5.84. The highest BCUT2D eigenvalue weighted by atomic mass is 16.5. The van der Waals surface area contributed by atoms with Gasteiger partial charge in [-0.3, -0.25) is 4.79 Å². The van der Waals surface area contributed by atoms with Gasteiger partial charge in [-0.25, -0.2) is 0 Å². The van der Waals surface area contributed by atoms with Gasteiger partial charge in [0.05, 0.1) is 18.2 Å². The average Bonchev–Trinajstić information content (AvgIpc) is 3.13. The molecular weight excluding hydrogens is 282 g/mol. The quantitative estimate of drug-likeness (QED) is 0.913. The Morgan fingerprint density at radius 3 is 3.09 bits per heavy atom. The number of likely N-dealkylation sites (tertiary alicyclic amines) is 1. The minimum absolute atomic E-state index is 0.0500. The number of piperidine rings is 1. The summed E-state index contributed by atoms with van der Waals surface area (Å²) in [7, 11) is 3.97. The Morgan fingerprint density at radius 2 is 2.36 bits per heavy atom. The van der Waals surface area contributed by atoms with Gasteiger partial charge in [0.25, 0.3) is 0 Å². The maximum absolute atomic E-state index is 12.2. The predicted octanol–water partition coefficient (Wildman–Crippen LogP) is 1.03. The van der Waals surface area contributed by atoms with Crippen LogP contribution in [0.25, 0.3) is 11.5 Å². The number of carbonyl (C=O) groups excluding carboxylic acids is 1. The molecule has 1 saturated heterocycles. The van der Waals surface area contributed by atoms with Crippen LogP contribution in [0.1, 0.15) is 18.7 Å². The van der Waals surface area contributed by atoms with E-state index in [1.807, 2.05) is 37.0 Å². The molecule has 1 fully saturated rings. The molecule has 7 heteroatoms. The highest BCUT2D eigenvalue weighted by Crippen LogP contribution is 2.17. The van der Waals surface area contributed by atoms with E-state index >= 15 is 0 Å². The third-order valence-electron chi connectivity index (χ3n) is 4.05. The smallest absolute Gasteiger partial charge is 0.246 e. The number of carbonyl (C=O) groups is 1. The summed E-state index contributed by atoms with van der Waals surface area (Å²) in [4.78, 5) is 18.7. The van der Waals surface area contributed by atoms with E-state index in [0.29, 0.717) is 11.7 Å². The molecule has 0 aromatic carbocycles. The molecule has 3 rings (SSSR count). The molecule has 22 heavy (non-hydrogen) atoms. The summed E-state index contributed by atoms with van der Waals surface area (Å²) < 4.78 is 7.12. The fourth-order valence-electron chi connectivity index (χ4n) is 2.81. The van der Waals surface area contributed by atoms with Gasteiger partial charge in [0.2, 0.25) is 17.6 Å². The summed E-state index contributed by atoms with van der Waals surface area (Å²) in [6.45, 7) is 2.15. The summed E-state index contributed by atoms with van der Waals surface area (Å²) in [6, 6.07) is 3.85. The van der Waals surface area contributed by atoms with Gasteiger partial charge in [-0.1, -0.05) is 5.16 Å². The number of amides is 1. The fourth-order valence-corrected chi connectivity index (χ4v) is 2.81. The molecule has 1 atom stereocenters. The largest absolute Gasteiger partial charge is 0.348 e. The lowest BCUT2D eigenvalue weighted by molar-refractivity contribution is -0.126. The van der Waals surface area contributed by atoms with Crippen LogP contribution in [0.15, 0.2) is 22.9 Å².